The summed E-state index contributed by atoms with van der Waals surface area (Å²) >= 11 is 1.33. The van der Waals surface area contributed by atoms with Crippen molar-refractivity contribution >= 4 is 28.4 Å². The van der Waals surface area contributed by atoms with E-state index in [4.69, 9.17) is 5.73 Å². The molecule has 0 spiro atoms. The molecule has 0 bridgehead atoms. The molecule has 5 heteroatoms. The van der Waals surface area contributed by atoms with Crippen LogP contribution >= 0.6 is 11.5 Å². The number of hydrogen-bond acceptors (Lipinski definition) is 5. The van der Waals surface area contributed by atoms with Crippen molar-refractivity contribution in [1.82, 2.24) is 14.3 Å². The summed E-state index contributed by atoms with van der Waals surface area (Å²) in [6.07, 6.45) is 1.44. The molecule has 2 N–H and O–H groups in total. The number of nitrogen functional groups attached to an aromatic ring is 1. The standard InChI is InChI=1S/C5H4N4S/c6-5-4-3(1-10-9-4)7-2-8-5/h1-2H,(H2,6,7,8). The van der Waals surface area contributed by atoms with Gasteiger partial charge in [0, 0.05) is 5.38 Å². The lowest BCUT2D eigenvalue weighted by molar-refractivity contribution is 1.23. The van der Waals surface area contributed by atoms with E-state index in [0.29, 0.717) is 11.3 Å². The van der Waals surface area contributed by atoms with E-state index in [1.165, 1.54) is 17.9 Å². The first-order chi connectivity index (χ1) is 4.88. The molecule has 2 aromatic heterocycles. The van der Waals surface area contributed by atoms with Crippen molar-refractivity contribution in [2.24, 2.45) is 0 Å². The van der Waals surface area contributed by atoms with Crippen LogP contribution < -0.4 is 5.73 Å². The quantitative estimate of drug-likeness (QED) is 0.602. The number of fused-ring (bicyclic) bond motifs is 1. The second kappa shape index (κ2) is 1.88. The minimum Gasteiger partial charge on any atom is -0.382 e. The molecule has 0 aliphatic heterocycles. The van der Waals surface area contributed by atoms with Gasteiger partial charge in [0.1, 0.15) is 17.4 Å². The van der Waals surface area contributed by atoms with E-state index in [2.05, 4.69) is 14.3 Å². The summed E-state index contributed by atoms with van der Waals surface area (Å²) in [5, 5.41) is 1.84. The fourth-order valence-corrected chi connectivity index (χ4v) is 1.33. The first-order valence-electron chi connectivity index (χ1n) is 2.68. The number of aromatic nitrogens is 3. The predicted octanol–water partition coefficient (Wildman–Crippen LogP) is 0.669. The Balaban J connectivity index is 2.95. The maximum Gasteiger partial charge on any atom is 0.154 e. The van der Waals surface area contributed by atoms with Crippen LogP contribution in [0, 0.1) is 0 Å². The van der Waals surface area contributed by atoms with Crippen LogP contribution in [0.25, 0.3) is 11.0 Å². The van der Waals surface area contributed by atoms with Gasteiger partial charge in [-0.15, -0.1) is 0 Å². The number of rotatable bonds is 0. The molecule has 2 aromatic rings. The first-order valence-corrected chi connectivity index (χ1v) is 3.52. The normalized spacial score (nSPS) is 10.4. The van der Waals surface area contributed by atoms with Crippen molar-refractivity contribution in [3.8, 4) is 0 Å². The van der Waals surface area contributed by atoms with E-state index < -0.39 is 0 Å². The Hall–Kier alpha value is -1.23. The maximum atomic E-state index is 5.49. The monoisotopic (exact) mass is 152 g/mol. The topological polar surface area (TPSA) is 64.7 Å². The van der Waals surface area contributed by atoms with Crippen molar-refractivity contribution < 1.29 is 0 Å². The van der Waals surface area contributed by atoms with Crippen molar-refractivity contribution in [1.29, 1.82) is 0 Å². The number of hydrogen-bond donors (Lipinski definition) is 1. The van der Waals surface area contributed by atoms with Crippen molar-refractivity contribution in [3.05, 3.63) is 11.7 Å². The van der Waals surface area contributed by atoms with Gasteiger partial charge in [0.05, 0.1) is 0 Å². The van der Waals surface area contributed by atoms with Gasteiger partial charge in [-0.2, -0.15) is 4.37 Å². The largest absolute Gasteiger partial charge is 0.382 e. The molecule has 0 saturated heterocycles. The molecule has 0 atom stereocenters. The van der Waals surface area contributed by atoms with Crippen LogP contribution in [-0.4, -0.2) is 14.3 Å². The molecular weight excluding hydrogens is 148 g/mol. The van der Waals surface area contributed by atoms with E-state index >= 15 is 0 Å². The Kier molecular flexibility index (Phi) is 1.04. The highest BCUT2D eigenvalue weighted by Gasteiger charge is 2.00. The number of anilines is 1. The summed E-state index contributed by atoms with van der Waals surface area (Å²) in [5.74, 6) is 0.450. The van der Waals surface area contributed by atoms with Gasteiger partial charge in [0.25, 0.3) is 0 Å². The molecule has 0 fully saturated rings. The van der Waals surface area contributed by atoms with Crippen LogP contribution in [0.1, 0.15) is 0 Å². The molecular formula is C5H4N4S. The second-order valence-electron chi connectivity index (χ2n) is 1.81. The lowest BCUT2D eigenvalue weighted by atomic mass is 10.4. The molecule has 2 heterocycles. The molecule has 0 radical (unpaired) electrons. The fraction of sp³-hybridized carbons (Fsp3) is 0. The Morgan fingerprint density at radius 1 is 1.40 bits per heavy atom. The molecule has 10 heavy (non-hydrogen) atoms. The van der Waals surface area contributed by atoms with Crippen LogP contribution in [0.4, 0.5) is 5.82 Å². The van der Waals surface area contributed by atoms with Crippen molar-refractivity contribution in [2.75, 3.05) is 5.73 Å². The molecule has 50 valence electrons. The van der Waals surface area contributed by atoms with E-state index in [9.17, 15) is 0 Å². The van der Waals surface area contributed by atoms with Gasteiger partial charge < -0.3 is 5.73 Å². The zero-order valence-electron chi connectivity index (χ0n) is 4.98. The van der Waals surface area contributed by atoms with E-state index in [0.717, 1.165) is 5.52 Å². The van der Waals surface area contributed by atoms with Crippen LogP contribution in [0.15, 0.2) is 11.7 Å². The summed E-state index contributed by atoms with van der Waals surface area (Å²) in [4.78, 5) is 7.75. The first kappa shape index (κ1) is 5.55. The summed E-state index contributed by atoms with van der Waals surface area (Å²) in [6, 6.07) is 0. The van der Waals surface area contributed by atoms with Crippen molar-refractivity contribution in [2.45, 2.75) is 0 Å². The van der Waals surface area contributed by atoms with Gasteiger partial charge in [-0.05, 0) is 11.5 Å². The molecule has 4 nitrogen and oxygen atoms in total. The Morgan fingerprint density at radius 3 is 3.10 bits per heavy atom. The maximum absolute atomic E-state index is 5.49. The smallest absolute Gasteiger partial charge is 0.154 e. The summed E-state index contributed by atoms with van der Waals surface area (Å²) in [6.45, 7) is 0. The number of nitrogens with zero attached hydrogens (tertiary/aromatic N) is 3. The van der Waals surface area contributed by atoms with Gasteiger partial charge in [0.15, 0.2) is 5.82 Å². The Morgan fingerprint density at radius 2 is 2.30 bits per heavy atom. The predicted molar refractivity (Wildman–Crippen MR) is 39.6 cm³/mol. The van der Waals surface area contributed by atoms with Crippen LogP contribution in [0.5, 0.6) is 0 Å². The third-order valence-corrected chi connectivity index (χ3v) is 1.80. The molecule has 2 rings (SSSR count). The highest BCUT2D eigenvalue weighted by Crippen LogP contribution is 2.15. The zero-order chi connectivity index (χ0) is 6.97. The summed E-state index contributed by atoms with van der Waals surface area (Å²) in [5.41, 5.74) is 7.01. The molecule has 0 aliphatic carbocycles. The van der Waals surface area contributed by atoms with Crippen LogP contribution in [0.3, 0.4) is 0 Å². The molecule has 0 saturated carbocycles. The molecule has 0 aliphatic rings. The Bertz CT molecular complexity index is 355. The van der Waals surface area contributed by atoms with E-state index in [1.807, 2.05) is 5.38 Å². The summed E-state index contributed by atoms with van der Waals surface area (Å²) < 4.78 is 4.01. The molecule has 0 aromatic carbocycles. The summed E-state index contributed by atoms with van der Waals surface area (Å²) in [7, 11) is 0. The minimum atomic E-state index is 0.450. The lowest BCUT2D eigenvalue weighted by Crippen LogP contribution is -1.91. The fourth-order valence-electron chi connectivity index (χ4n) is 0.716. The zero-order valence-corrected chi connectivity index (χ0v) is 5.80. The second-order valence-corrected chi connectivity index (χ2v) is 2.44. The lowest BCUT2D eigenvalue weighted by Gasteiger charge is -1.88. The van der Waals surface area contributed by atoms with E-state index in [1.54, 1.807) is 0 Å². The number of nitrogens with two attached hydrogens (primary N) is 1. The highest BCUT2D eigenvalue weighted by atomic mass is 32.1. The van der Waals surface area contributed by atoms with Crippen LogP contribution in [0.2, 0.25) is 0 Å². The highest BCUT2D eigenvalue weighted by molar-refractivity contribution is 7.04. The molecule has 0 amide bonds. The Labute approximate surface area is 60.9 Å². The van der Waals surface area contributed by atoms with Gasteiger partial charge in [0.2, 0.25) is 0 Å². The van der Waals surface area contributed by atoms with Gasteiger partial charge in [-0.3, -0.25) is 0 Å². The van der Waals surface area contributed by atoms with E-state index in [-0.39, 0.29) is 0 Å². The third kappa shape index (κ3) is 0.640. The molecule has 0 unspecified atom stereocenters. The van der Waals surface area contributed by atoms with Gasteiger partial charge in [-0.25, -0.2) is 9.97 Å². The van der Waals surface area contributed by atoms with Crippen LogP contribution in [-0.2, 0) is 0 Å². The average Bonchev–Trinajstić information content (AvgIpc) is 2.36. The third-order valence-electron chi connectivity index (χ3n) is 1.19. The average molecular weight is 152 g/mol. The van der Waals surface area contributed by atoms with Gasteiger partial charge >= 0.3 is 0 Å². The van der Waals surface area contributed by atoms with Crippen molar-refractivity contribution in [3.63, 3.8) is 0 Å². The van der Waals surface area contributed by atoms with Gasteiger partial charge in [-0.1, -0.05) is 0 Å². The minimum absolute atomic E-state index is 0.450. The SMILES string of the molecule is Nc1ncnc2csnc12.